The Morgan fingerprint density at radius 2 is 1.88 bits per heavy atom. The van der Waals surface area contributed by atoms with Crippen LogP contribution in [0.4, 0.5) is 5.69 Å². The number of rotatable bonds is 6. The van der Waals surface area contributed by atoms with Crippen molar-refractivity contribution in [1.29, 1.82) is 0 Å². The van der Waals surface area contributed by atoms with Crippen molar-refractivity contribution in [1.82, 2.24) is 14.9 Å². The Balaban J connectivity index is 1.38. The van der Waals surface area contributed by atoms with Crippen molar-refractivity contribution in [2.45, 2.75) is 45.4 Å². The Labute approximate surface area is 195 Å². The fourth-order valence-electron chi connectivity index (χ4n) is 4.64. The molecule has 7 nitrogen and oxygen atoms in total. The molecule has 174 valence electrons. The normalized spacial score (nSPS) is 18.7. The molecule has 7 heteroatoms. The molecule has 1 fully saturated rings. The Hall–Kier alpha value is -3.22. The lowest BCUT2D eigenvalue weighted by molar-refractivity contribution is -0.137. The molecular weight excluding hydrogens is 416 g/mol. The second-order valence-electron chi connectivity index (χ2n) is 8.91. The molecule has 0 unspecified atom stereocenters. The van der Waals surface area contributed by atoms with Gasteiger partial charge in [0.05, 0.1) is 18.4 Å². The average molecular weight is 449 g/mol. The Kier molecular flexibility index (Phi) is 7.37. The van der Waals surface area contributed by atoms with Gasteiger partial charge in [0.25, 0.3) is 5.91 Å². The maximum atomic E-state index is 13.0. The van der Waals surface area contributed by atoms with Crippen LogP contribution in [-0.2, 0) is 11.2 Å². The third-order valence-electron chi connectivity index (χ3n) is 6.61. The lowest BCUT2D eigenvalue weighted by Gasteiger charge is -2.34. The highest BCUT2D eigenvalue weighted by Gasteiger charge is 2.29. The number of likely N-dealkylation sites (tertiary alicyclic amines) is 1. The van der Waals surface area contributed by atoms with Crippen molar-refractivity contribution in [2.75, 3.05) is 25.5 Å². The third kappa shape index (κ3) is 5.78. The summed E-state index contributed by atoms with van der Waals surface area (Å²) in [5.41, 5.74) is 1.97. The van der Waals surface area contributed by atoms with Gasteiger partial charge in [-0.3, -0.25) is 9.59 Å². The summed E-state index contributed by atoms with van der Waals surface area (Å²) in [6.45, 7) is 3.40. The first-order valence-corrected chi connectivity index (χ1v) is 11.7. The molecule has 2 amide bonds. The summed E-state index contributed by atoms with van der Waals surface area (Å²) in [5.74, 6) is 2.01. The summed E-state index contributed by atoms with van der Waals surface area (Å²) in [7, 11) is 1.61. The van der Waals surface area contributed by atoms with Crippen LogP contribution >= 0.6 is 0 Å². The smallest absolute Gasteiger partial charge is 0.259 e. The lowest BCUT2D eigenvalue weighted by atomic mass is 9.88. The zero-order chi connectivity index (χ0) is 23.2. The summed E-state index contributed by atoms with van der Waals surface area (Å²) < 4.78 is 5.17. The number of benzene rings is 1. The number of methoxy groups -OCH3 is 1. The van der Waals surface area contributed by atoms with Crippen LogP contribution in [-0.4, -0.2) is 46.9 Å². The molecule has 0 radical (unpaired) electrons. The number of amides is 2. The summed E-state index contributed by atoms with van der Waals surface area (Å²) >= 11 is 0. The van der Waals surface area contributed by atoms with Gasteiger partial charge in [-0.05, 0) is 75.6 Å². The zero-order valence-corrected chi connectivity index (χ0v) is 19.4. The van der Waals surface area contributed by atoms with E-state index >= 15 is 0 Å². The van der Waals surface area contributed by atoms with Gasteiger partial charge in [0.1, 0.15) is 11.6 Å². The van der Waals surface area contributed by atoms with E-state index in [1.165, 1.54) is 0 Å². The van der Waals surface area contributed by atoms with E-state index in [2.05, 4.69) is 27.4 Å². The van der Waals surface area contributed by atoms with Gasteiger partial charge in [-0.1, -0.05) is 12.2 Å². The molecule has 1 aromatic heterocycles. The van der Waals surface area contributed by atoms with Crippen molar-refractivity contribution in [3.05, 3.63) is 59.7 Å². The summed E-state index contributed by atoms with van der Waals surface area (Å²) in [6.07, 6.45) is 11.3. The molecule has 1 N–H and O–H groups in total. The number of hydrogen-bond donors (Lipinski definition) is 1. The summed E-state index contributed by atoms with van der Waals surface area (Å²) in [4.78, 5) is 36.7. The largest absolute Gasteiger partial charge is 0.497 e. The summed E-state index contributed by atoms with van der Waals surface area (Å²) in [6, 6.07) is 7.22. The van der Waals surface area contributed by atoms with Gasteiger partial charge in [-0.15, -0.1) is 0 Å². The van der Waals surface area contributed by atoms with Crippen LogP contribution in [0.1, 0.15) is 54.0 Å². The highest BCUT2D eigenvalue weighted by atomic mass is 16.5. The SMILES string of the molecule is COc1ccc(NC(=O)c2cnc(C)nc2CC2CCN(C(=O)[C@@H]3CC=CCC3)CC2)cc1. The van der Waals surface area contributed by atoms with Crippen molar-refractivity contribution >= 4 is 17.5 Å². The zero-order valence-electron chi connectivity index (χ0n) is 19.4. The number of allylic oxidation sites excluding steroid dienone is 2. The number of aromatic nitrogens is 2. The van der Waals surface area contributed by atoms with Gasteiger partial charge in [0.2, 0.25) is 5.91 Å². The first-order valence-electron chi connectivity index (χ1n) is 11.7. The number of aryl methyl sites for hydroxylation is 1. The van der Waals surface area contributed by atoms with Crippen molar-refractivity contribution in [3.63, 3.8) is 0 Å². The van der Waals surface area contributed by atoms with Crippen LogP contribution in [0.3, 0.4) is 0 Å². The van der Waals surface area contributed by atoms with Crippen molar-refractivity contribution < 1.29 is 14.3 Å². The second kappa shape index (κ2) is 10.6. The Morgan fingerprint density at radius 1 is 1.12 bits per heavy atom. The predicted octanol–water partition coefficient (Wildman–Crippen LogP) is 4.18. The van der Waals surface area contributed by atoms with Crippen LogP contribution in [0, 0.1) is 18.8 Å². The maximum absolute atomic E-state index is 13.0. The molecular formula is C26H32N4O3. The van der Waals surface area contributed by atoms with Crippen LogP contribution in [0.25, 0.3) is 0 Å². The number of carbonyl (C=O) groups is 2. The van der Waals surface area contributed by atoms with Gasteiger partial charge >= 0.3 is 0 Å². The number of nitrogens with one attached hydrogen (secondary N) is 1. The topological polar surface area (TPSA) is 84.4 Å². The van der Waals surface area contributed by atoms with Crippen molar-refractivity contribution in [3.8, 4) is 5.75 Å². The highest BCUT2D eigenvalue weighted by molar-refractivity contribution is 6.04. The van der Waals surface area contributed by atoms with Crippen LogP contribution in [0.2, 0.25) is 0 Å². The monoisotopic (exact) mass is 448 g/mol. The first kappa shape index (κ1) is 23.0. The molecule has 2 aromatic rings. The van der Waals surface area contributed by atoms with E-state index in [-0.39, 0.29) is 11.8 Å². The Morgan fingerprint density at radius 3 is 2.55 bits per heavy atom. The molecule has 1 aromatic carbocycles. The fourth-order valence-corrected chi connectivity index (χ4v) is 4.64. The van der Waals surface area contributed by atoms with E-state index in [1.807, 2.05) is 11.8 Å². The number of ether oxygens (including phenoxy) is 1. The number of nitrogens with zero attached hydrogens (tertiary/aromatic N) is 3. The number of hydrogen-bond acceptors (Lipinski definition) is 5. The van der Waals surface area contributed by atoms with Gasteiger partial charge in [0, 0.05) is 30.9 Å². The van der Waals surface area contributed by atoms with E-state index in [0.717, 1.165) is 56.6 Å². The van der Waals surface area contributed by atoms with Crippen LogP contribution in [0.15, 0.2) is 42.6 Å². The maximum Gasteiger partial charge on any atom is 0.259 e. The Bertz CT molecular complexity index is 1010. The van der Waals surface area contributed by atoms with E-state index < -0.39 is 0 Å². The first-order chi connectivity index (χ1) is 16.0. The minimum atomic E-state index is -0.215. The quantitative estimate of drug-likeness (QED) is 0.670. The fraction of sp³-hybridized carbons (Fsp3) is 0.462. The molecule has 1 aliphatic carbocycles. The van der Waals surface area contributed by atoms with Gasteiger partial charge < -0.3 is 15.0 Å². The average Bonchev–Trinajstić information content (AvgIpc) is 2.85. The minimum absolute atomic E-state index is 0.143. The molecule has 0 saturated carbocycles. The van der Waals surface area contributed by atoms with Gasteiger partial charge in [0.15, 0.2) is 0 Å². The van der Waals surface area contributed by atoms with Gasteiger partial charge in [-0.2, -0.15) is 0 Å². The van der Waals surface area contributed by atoms with Crippen LogP contribution < -0.4 is 10.1 Å². The highest BCUT2D eigenvalue weighted by Crippen LogP contribution is 2.27. The molecule has 2 heterocycles. The minimum Gasteiger partial charge on any atom is -0.497 e. The molecule has 1 aliphatic heterocycles. The molecule has 0 spiro atoms. The van der Waals surface area contributed by atoms with E-state index in [9.17, 15) is 9.59 Å². The van der Waals surface area contributed by atoms with E-state index in [4.69, 9.17) is 4.74 Å². The lowest BCUT2D eigenvalue weighted by Crippen LogP contribution is -2.42. The van der Waals surface area contributed by atoms with E-state index in [0.29, 0.717) is 35.3 Å². The van der Waals surface area contributed by atoms with Crippen LogP contribution in [0.5, 0.6) is 5.75 Å². The molecule has 0 bridgehead atoms. The standard InChI is InChI=1S/C26H32N4O3/c1-18-27-17-23(25(31)29-21-8-10-22(33-2)11-9-21)24(28-18)16-19-12-14-30(15-13-19)26(32)20-6-4-3-5-7-20/h3-4,8-11,17,19-20H,5-7,12-16H2,1-2H3,(H,29,31)/t20-/m1/s1. The predicted molar refractivity (Wildman–Crippen MR) is 127 cm³/mol. The number of carbonyl (C=O) groups excluding carboxylic acids is 2. The van der Waals surface area contributed by atoms with Gasteiger partial charge in [-0.25, -0.2) is 9.97 Å². The summed E-state index contributed by atoms with van der Waals surface area (Å²) in [5, 5.41) is 2.93. The van der Waals surface area contributed by atoms with E-state index in [1.54, 1.807) is 37.6 Å². The van der Waals surface area contributed by atoms with Crippen molar-refractivity contribution in [2.24, 2.45) is 11.8 Å². The third-order valence-corrected chi connectivity index (χ3v) is 6.61. The molecule has 1 saturated heterocycles. The molecule has 1 atom stereocenters. The molecule has 33 heavy (non-hydrogen) atoms. The number of anilines is 1. The molecule has 2 aliphatic rings. The number of piperidine rings is 1. The molecule has 4 rings (SSSR count). The second-order valence-corrected chi connectivity index (χ2v) is 8.91.